The van der Waals surface area contributed by atoms with E-state index in [1.807, 2.05) is 28.8 Å². The normalized spacial score (nSPS) is 15.5. The number of para-hydroxylation sites is 1. The SMILES string of the molecule is O=C(Cn1cc(/C=C2\SC(=O)N(Cc3ccc(Cl)c(Cl)c3)C2=O)c2ccccc21)Nc1ccc2c(c1)OCO2. The third-order valence-corrected chi connectivity index (χ3v) is 7.92. The molecule has 1 saturated heterocycles. The first-order valence-electron chi connectivity index (χ1n) is 11.8. The number of anilines is 1. The number of halogens is 2. The number of carbonyl (C=O) groups excluding carboxylic acids is 3. The van der Waals surface area contributed by atoms with Crippen LogP contribution in [0.1, 0.15) is 11.1 Å². The highest BCUT2D eigenvalue weighted by Crippen LogP contribution is 2.36. The standard InChI is InChI=1S/C28H19Cl2N3O5S/c29-20-7-5-16(9-21(20)30)12-33-27(35)25(39-28(33)36)10-17-13-32(22-4-2-1-3-19(17)22)14-26(34)31-18-6-8-23-24(11-18)38-15-37-23/h1-11,13H,12,14-15H2,(H,31,34)/b25-10-. The second kappa shape index (κ2) is 10.3. The van der Waals surface area contributed by atoms with Gasteiger partial charge >= 0.3 is 0 Å². The van der Waals surface area contributed by atoms with Gasteiger partial charge in [0.2, 0.25) is 12.7 Å². The van der Waals surface area contributed by atoms with Gasteiger partial charge in [-0.3, -0.25) is 19.3 Å². The van der Waals surface area contributed by atoms with Crippen molar-refractivity contribution in [2.24, 2.45) is 0 Å². The van der Waals surface area contributed by atoms with Crippen molar-refractivity contribution in [1.29, 1.82) is 0 Å². The number of benzene rings is 3. The summed E-state index contributed by atoms with van der Waals surface area (Å²) in [6.45, 7) is 0.280. The second-order valence-corrected chi connectivity index (χ2v) is 10.7. The van der Waals surface area contributed by atoms with E-state index in [1.165, 1.54) is 4.90 Å². The van der Waals surface area contributed by atoms with Crippen LogP contribution in [0, 0.1) is 0 Å². The van der Waals surface area contributed by atoms with Crippen molar-refractivity contribution in [3.05, 3.63) is 92.9 Å². The number of hydrogen-bond donors (Lipinski definition) is 1. The van der Waals surface area contributed by atoms with Gasteiger partial charge in [0.25, 0.3) is 11.1 Å². The Morgan fingerprint density at radius 1 is 1.00 bits per heavy atom. The monoisotopic (exact) mass is 579 g/mol. The van der Waals surface area contributed by atoms with Crippen LogP contribution in [0.15, 0.2) is 71.8 Å². The molecule has 4 aromatic rings. The number of ether oxygens (including phenoxy) is 2. The van der Waals surface area contributed by atoms with Gasteiger partial charge in [0.15, 0.2) is 11.5 Å². The van der Waals surface area contributed by atoms with Crippen molar-refractivity contribution in [3.63, 3.8) is 0 Å². The quantitative estimate of drug-likeness (QED) is 0.260. The molecule has 0 unspecified atom stereocenters. The van der Waals surface area contributed by atoms with E-state index in [-0.39, 0.29) is 31.0 Å². The number of nitrogens with one attached hydrogen (secondary N) is 1. The van der Waals surface area contributed by atoms with Crippen molar-refractivity contribution < 1.29 is 23.9 Å². The van der Waals surface area contributed by atoms with E-state index in [9.17, 15) is 14.4 Å². The molecule has 196 valence electrons. The summed E-state index contributed by atoms with van der Waals surface area (Å²) in [7, 11) is 0. The molecular weight excluding hydrogens is 561 g/mol. The predicted octanol–water partition coefficient (Wildman–Crippen LogP) is 6.55. The number of thioether (sulfide) groups is 1. The summed E-state index contributed by atoms with van der Waals surface area (Å²) in [5.74, 6) is 0.585. The maximum Gasteiger partial charge on any atom is 0.293 e. The van der Waals surface area contributed by atoms with Crippen molar-refractivity contribution in [1.82, 2.24) is 9.47 Å². The molecule has 3 amide bonds. The van der Waals surface area contributed by atoms with Crippen molar-refractivity contribution in [2.75, 3.05) is 12.1 Å². The summed E-state index contributed by atoms with van der Waals surface area (Å²) in [5.41, 5.74) is 2.83. The maximum absolute atomic E-state index is 13.1. The van der Waals surface area contributed by atoms with E-state index in [2.05, 4.69) is 5.32 Å². The molecule has 0 spiro atoms. The molecule has 0 saturated carbocycles. The minimum atomic E-state index is -0.395. The molecular formula is C28H19Cl2N3O5S. The Morgan fingerprint density at radius 3 is 2.67 bits per heavy atom. The van der Waals surface area contributed by atoms with Gasteiger partial charge in [-0.2, -0.15) is 0 Å². The number of fused-ring (bicyclic) bond motifs is 2. The molecule has 11 heteroatoms. The van der Waals surface area contributed by atoms with E-state index in [1.54, 1.807) is 48.7 Å². The lowest BCUT2D eigenvalue weighted by atomic mass is 10.1. The maximum atomic E-state index is 13.1. The first-order chi connectivity index (χ1) is 18.9. The van der Waals surface area contributed by atoms with Gasteiger partial charge in [0, 0.05) is 34.4 Å². The van der Waals surface area contributed by atoms with Crippen LogP contribution in [0.2, 0.25) is 10.0 Å². The van der Waals surface area contributed by atoms with Crippen LogP contribution in [0.25, 0.3) is 17.0 Å². The number of hydrogen-bond acceptors (Lipinski definition) is 6. The summed E-state index contributed by atoms with van der Waals surface area (Å²) in [4.78, 5) is 40.2. The van der Waals surface area contributed by atoms with Crippen LogP contribution in [-0.4, -0.2) is 33.3 Å². The third kappa shape index (κ3) is 5.08. The van der Waals surface area contributed by atoms with Gasteiger partial charge < -0.3 is 19.4 Å². The van der Waals surface area contributed by atoms with Crippen LogP contribution < -0.4 is 14.8 Å². The zero-order chi connectivity index (χ0) is 27.1. The Labute approximate surface area is 237 Å². The van der Waals surface area contributed by atoms with Crippen LogP contribution in [-0.2, 0) is 22.7 Å². The lowest BCUT2D eigenvalue weighted by Crippen LogP contribution is -2.27. The molecule has 6 rings (SSSR count). The van der Waals surface area contributed by atoms with Crippen LogP contribution >= 0.6 is 35.0 Å². The number of aromatic nitrogens is 1. The highest BCUT2D eigenvalue weighted by Gasteiger charge is 2.35. The topological polar surface area (TPSA) is 89.9 Å². The average molecular weight is 580 g/mol. The van der Waals surface area contributed by atoms with Gasteiger partial charge in [0.05, 0.1) is 21.5 Å². The van der Waals surface area contributed by atoms with Gasteiger partial charge in [-0.15, -0.1) is 0 Å². The van der Waals surface area contributed by atoms with Gasteiger partial charge in [-0.1, -0.05) is 47.5 Å². The van der Waals surface area contributed by atoms with Gasteiger partial charge in [-0.25, -0.2) is 0 Å². The largest absolute Gasteiger partial charge is 0.454 e. The zero-order valence-corrected chi connectivity index (χ0v) is 22.5. The Hall–Kier alpha value is -3.92. The predicted molar refractivity (Wildman–Crippen MR) is 151 cm³/mol. The molecule has 3 heterocycles. The lowest BCUT2D eigenvalue weighted by molar-refractivity contribution is -0.123. The summed E-state index contributed by atoms with van der Waals surface area (Å²) in [6.07, 6.45) is 3.49. The first-order valence-corrected chi connectivity index (χ1v) is 13.4. The molecule has 8 nitrogen and oxygen atoms in total. The molecule has 0 aliphatic carbocycles. The molecule has 0 radical (unpaired) electrons. The molecule has 1 aromatic heterocycles. The van der Waals surface area contributed by atoms with Gasteiger partial charge in [-0.05, 0) is 53.7 Å². The fourth-order valence-electron chi connectivity index (χ4n) is 4.45. The zero-order valence-electron chi connectivity index (χ0n) is 20.1. The molecule has 39 heavy (non-hydrogen) atoms. The van der Waals surface area contributed by atoms with E-state index in [0.717, 1.165) is 28.2 Å². The summed E-state index contributed by atoms with van der Waals surface area (Å²) in [5, 5.41) is 4.11. The minimum Gasteiger partial charge on any atom is -0.454 e. The Balaban J connectivity index is 1.23. The summed E-state index contributed by atoms with van der Waals surface area (Å²) < 4.78 is 12.5. The Kier molecular flexibility index (Phi) is 6.72. The van der Waals surface area contributed by atoms with Crippen molar-refractivity contribution >= 4 is 74.7 Å². The van der Waals surface area contributed by atoms with E-state index in [0.29, 0.717) is 37.7 Å². The van der Waals surface area contributed by atoms with Crippen molar-refractivity contribution in [3.8, 4) is 11.5 Å². The first kappa shape index (κ1) is 25.4. The number of amides is 3. The Morgan fingerprint density at radius 2 is 1.82 bits per heavy atom. The van der Waals surface area contributed by atoms with E-state index < -0.39 is 5.91 Å². The highest BCUT2D eigenvalue weighted by molar-refractivity contribution is 8.18. The Bertz CT molecular complexity index is 1700. The fourth-order valence-corrected chi connectivity index (χ4v) is 5.60. The molecule has 1 fully saturated rings. The molecule has 3 aromatic carbocycles. The van der Waals surface area contributed by atoms with Crippen LogP contribution in [0.5, 0.6) is 11.5 Å². The lowest BCUT2D eigenvalue weighted by Gasteiger charge is -2.12. The number of nitrogens with zero attached hydrogens (tertiary/aromatic N) is 2. The molecule has 2 aliphatic rings. The van der Waals surface area contributed by atoms with E-state index >= 15 is 0 Å². The number of imide groups is 1. The van der Waals surface area contributed by atoms with E-state index in [4.69, 9.17) is 32.7 Å². The van der Waals surface area contributed by atoms with Crippen LogP contribution in [0.4, 0.5) is 10.5 Å². The number of rotatable bonds is 6. The molecule has 1 N–H and O–H groups in total. The molecule has 2 aliphatic heterocycles. The smallest absolute Gasteiger partial charge is 0.293 e. The minimum absolute atomic E-state index is 0.0433. The second-order valence-electron chi connectivity index (χ2n) is 8.86. The van der Waals surface area contributed by atoms with Gasteiger partial charge in [0.1, 0.15) is 6.54 Å². The number of carbonyl (C=O) groups is 3. The summed E-state index contributed by atoms with van der Waals surface area (Å²) >= 11 is 12.9. The molecule has 0 atom stereocenters. The summed E-state index contributed by atoms with van der Waals surface area (Å²) in [6, 6.07) is 17.8. The highest BCUT2D eigenvalue weighted by atomic mass is 35.5. The molecule has 0 bridgehead atoms. The van der Waals surface area contributed by atoms with Crippen LogP contribution in [0.3, 0.4) is 0 Å². The average Bonchev–Trinajstić information content (AvgIpc) is 3.59. The fraction of sp³-hybridized carbons (Fsp3) is 0.107. The third-order valence-electron chi connectivity index (χ3n) is 6.27. The van der Waals surface area contributed by atoms with Crippen molar-refractivity contribution in [2.45, 2.75) is 13.1 Å².